The van der Waals surface area contributed by atoms with Crippen LogP contribution in [0.4, 0.5) is 0 Å². The average molecular weight is 506 g/mol. The van der Waals surface area contributed by atoms with Crippen molar-refractivity contribution in [2.24, 2.45) is 0 Å². The number of benzene rings is 3. The molecular formula is C29H23N5O4. The molecule has 0 unspecified atom stereocenters. The zero-order valence-electron chi connectivity index (χ0n) is 20.3. The molecule has 9 heteroatoms. The number of nitrogens with one attached hydrogen (secondary N) is 1. The average Bonchev–Trinajstić information content (AvgIpc) is 3.34. The zero-order valence-corrected chi connectivity index (χ0v) is 20.3. The van der Waals surface area contributed by atoms with E-state index in [1.54, 1.807) is 33.5 Å². The normalized spacial score (nSPS) is 11.4. The van der Waals surface area contributed by atoms with Crippen LogP contribution in [-0.4, -0.2) is 31.8 Å². The predicted octanol–water partition coefficient (Wildman–Crippen LogP) is 3.26. The molecule has 6 rings (SSSR count). The second-order valence-corrected chi connectivity index (χ2v) is 9.02. The third-order valence-corrected chi connectivity index (χ3v) is 6.51. The van der Waals surface area contributed by atoms with Gasteiger partial charge in [0.25, 0.3) is 5.56 Å². The smallest absolute Gasteiger partial charge is 0.264 e. The van der Waals surface area contributed by atoms with Crippen LogP contribution in [0.3, 0.4) is 0 Å². The minimum atomic E-state index is -0.287. The van der Waals surface area contributed by atoms with Crippen molar-refractivity contribution < 1.29 is 9.21 Å². The van der Waals surface area contributed by atoms with E-state index in [1.807, 2.05) is 42.5 Å². The summed E-state index contributed by atoms with van der Waals surface area (Å²) in [5, 5.41) is 10.2. The van der Waals surface area contributed by atoms with Gasteiger partial charge in [0.1, 0.15) is 23.1 Å². The lowest BCUT2D eigenvalue weighted by molar-refractivity contribution is -0.120. The lowest BCUT2D eigenvalue weighted by atomic mass is 10.0. The van der Waals surface area contributed by atoms with Crippen molar-refractivity contribution in [3.63, 3.8) is 0 Å². The van der Waals surface area contributed by atoms with Gasteiger partial charge in [-0.3, -0.25) is 19.0 Å². The highest BCUT2D eigenvalue weighted by Crippen LogP contribution is 2.19. The summed E-state index contributed by atoms with van der Waals surface area (Å²) in [7, 11) is 0. The van der Waals surface area contributed by atoms with E-state index >= 15 is 0 Å². The number of carbonyl (C=O) groups is 1. The molecule has 3 aromatic carbocycles. The summed E-state index contributed by atoms with van der Waals surface area (Å²) in [6.45, 7) is 1.00. The first-order chi connectivity index (χ1) is 18.6. The van der Waals surface area contributed by atoms with Crippen LogP contribution in [0.5, 0.6) is 0 Å². The van der Waals surface area contributed by atoms with E-state index in [-0.39, 0.29) is 29.9 Å². The first-order valence-corrected chi connectivity index (χ1v) is 12.2. The lowest BCUT2D eigenvalue weighted by Crippen LogP contribution is -2.29. The van der Waals surface area contributed by atoms with Gasteiger partial charge in [0.05, 0.1) is 31.1 Å². The van der Waals surface area contributed by atoms with Gasteiger partial charge in [-0.2, -0.15) is 5.10 Å². The maximum atomic E-state index is 13.2. The highest BCUT2D eigenvalue weighted by atomic mass is 16.3. The van der Waals surface area contributed by atoms with Crippen LogP contribution in [0.25, 0.3) is 32.8 Å². The monoisotopic (exact) mass is 505 g/mol. The van der Waals surface area contributed by atoms with Gasteiger partial charge < -0.3 is 9.73 Å². The van der Waals surface area contributed by atoms with Crippen LogP contribution in [-0.2, 0) is 24.3 Å². The highest BCUT2D eigenvalue weighted by Gasteiger charge is 2.13. The van der Waals surface area contributed by atoms with Crippen molar-refractivity contribution in [2.75, 3.05) is 6.54 Å². The van der Waals surface area contributed by atoms with Gasteiger partial charge in [0.15, 0.2) is 11.1 Å². The van der Waals surface area contributed by atoms with Gasteiger partial charge in [-0.1, -0.05) is 54.6 Å². The van der Waals surface area contributed by atoms with Gasteiger partial charge in [0.2, 0.25) is 5.91 Å². The van der Waals surface area contributed by atoms with Crippen molar-refractivity contribution in [1.29, 1.82) is 0 Å². The standard InChI is InChI=1S/C29H23N5O4/c35-25-14-21(38-26-11-4-3-10-23(25)26)15-27(36)30-12-13-34-28-24(16-32-34)29(37)33(18-31-28)17-20-8-5-7-19-6-1-2-9-22(19)20/h1-11,14,16,18H,12-13,15,17H2,(H,30,36). The fourth-order valence-corrected chi connectivity index (χ4v) is 4.65. The van der Waals surface area contributed by atoms with Crippen LogP contribution in [0.2, 0.25) is 0 Å². The second kappa shape index (κ2) is 9.78. The largest absolute Gasteiger partial charge is 0.460 e. The Morgan fingerprint density at radius 3 is 2.61 bits per heavy atom. The number of rotatable bonds is 7. The predicted molar refractivity (Wildman–Crippen MR) is 144 cm³/mol. The van der Waals surface area contributed by atoms with Gasteiger partial charge in [-0.05, 0) is 28.5 Å². The molecule has 9 nitrogen and oxygen atoms in total. The van der Waals surface area contributed by atoms with Crippen molar-refractivity contribution in [2.45, 2.75) is 19.5 Å². The summed E-state index contributed by atoms with van der Waals surface area (Å²) in [6.07, 6.45) is 2.98. The van der Waals surface area contributed by atoms with E-state index < -0.39 is 0 Å². The molecule has 6 aromatic rings. The van der Waals surface area contributed by atoms with E-state index in [1.165, 1.54) is 18.6 Å². The number of amides is 1. The third kappa shape index (κ3) is 4.45. The Kier molecular flexibility index (Phi) is 6.01. The zero-order chi connectivity index (χ0) is 26.1. The van der Waals surface area contributed by atoms with E-state index in [0.29, 0.717) is 40.9 Å². The fraction of sp³-hybridized carbons (Fsp3) is 0.138. The molecular weight excluding hydrogens is 482 g/mol. The quantitative estimate of drug-likeness (QED) is 0.357. The van der Waals surface area contributed by atoms with Gasteiger partial charge in [-0.25, -0.2) is 9.67 Å². The summed E-state index contributed by atoms with van der Waals surface area (Å²) in [4.78, 5) is 42.3. The summed E-state index contributed by atoms with van der Waals surface area (Å²) in [6, 6.07) is 22.4. The number of hydrogen-bond donors (Lipinski definition) is 1. The van der Waals surface area contributed by atoms with Crippen molar-refractivity contribution in [3.05, 3.63) is 117 Å². The Balaban J connectivity index is 1.13. The fourth-order valence-electron chi connectivity index (χ4n) is 4.65. The van der Waals surface area contributed by atoms with Crippen LogP contribution in [0.15, 0.2) is 99.3 Å². The van der Waals surface area contributed by atoms with Crippen LogP contribution >= 0.6 is 0 Å². The number of nitrogens with zero attached hydrogens (tertiary/aromatic N) is 4. The summed E-state index contributed by atoms with van der Waals surface area (Å²) in [5.74, 6) is 0.00875. The number of hydrogen-bond acceptors (Lipinski definition) is 6. The molecule has 0 aliphatic heterocycles. The molecule has 0 saturated carbocycles. The minimum Gasteiger partial charge on any atom is -0.460 e. The van der Waals surface area contributed by atoms with Crippen LogP contribution in [0, 0.1) is 0 Å². The molecule has 0 bridgehead atoms. The number of aromatic nitrogens is 4. The third-order valence-electron chi connectivity index (χ3n) is 6.51. The SMILES string of the molecule is O=C(Cc1cc(=O)c2ccccc2o1)NCCn1ncc2c(=O)n(Cc3cccc4ccccc34)cnc21. The maximum Gasteiger partial charge on any atom is 0.264 e. The van der Waals surface area contributed by atoms with Gasteiger partial charge in [-0.15, -0.1) is 0 Å². The van der Waals surface area contributed by atoms with Crippen molar-refractivity contribution in [3.8, 4) is 0 Å². The molecule has 1 amide bonds. The van der Waals surface area contributed by atoms with E-state index in [0.717, 1.165) is 16.3 Å². The molecule has 188 valence electrons. The van der Waals surface area contributed by atoms with E-state index in [4.69, 9.17) is 4.42 Å². The Labute approximate surface area is 216 Å². The number of carbonyl (C=O) groups excluding carboxylic acids is 1. The van der Waals surface area contributed by atoms with E-state index in [9.17, 15) is 14.4 Å². The molecule has 3 aromatic heterocycles. The van der Waals surface area contributed by atoms with E-state index in [2.05, 4.69) is 15.4 Å². The van der Waals surface area contributed by atoms with Crippen LogP contribution < -0.4 is 16.3 Å². The van der Waals surface area contributed by atoms with Gasteiger partial charge in [0, 0.05) is 12.6 Å². The lowest BCUT2D eigenvalue weighted by Gasteiger charge is -2.09. The molecule has 1 N–H and O–H groups in total. The molecule has 0 spiro atoms. The minimum absolute atomic E-state index is 0.0585. The molecule has 0 radical (unpaired) electrons. The Morgan fingerprint density at radius 2 is 1.71 bits per heavy atom. The van der Waals surface area contributed by atoms with Gasteiger partial charge >= 0.3 is 0 Å². The molecule has 0 atom stereocenters. The highest BCUT2D eigenvalue weighted by molar-refractivity contribution is 5.85. The van der Waals surface area contributed by atoms with Crippen molar-refractivity contribution >= 4 is 38.7 Å². The summed E-state index contributed by atoms with van der Waals surface area (Å²) >= 11 is 0. The Hall–Kier alpha value is -5.05. The number of para-hydroxylation sites is 1. The number of fused-ring (bicyclic) bond motifs is 3. The maximum absolute atomic E-state index is 13.2. The summed E-state index contributed by atoms with van der Waals surface area (Å²) in [5.41, 5.74) is 1.57. The first-order valence-electron chi connectivity index (χ1n) is 12.2. The Morgan fingerprint density at radius 1 is 0.921 bits per heavy atom. The molecule has 0 saturated heterocycles. The molecule has 38 heavy (non-hydrogen) atoms. The molecule has 3 heterocycles. The second-order valence-electron chi connectivity index (χ2n) is 9.02. The Bertz CT molecular complexity index is 1930. The first kappa shape index (κ1) is 23.4. The van der Waals surface area contributed by atoms with Crippen molar-refractivity contribution in [1.82, 2.24) is 24.6 Å². The molecule has 0 fully saturated rings. The summed E-state index contributed by atoms with van der Waals surface area (Å²) < 4.78 is 8.86. The molecule has 0 aliphatic carbocycles. The topological polar surface area (TPSA) is 112 Å². The van der Waals surface area contributed by atoms with Crippen LogP contribution in [0.1, 0.15) is 11.3 Å². The molecule has 0 aliphatic rings.